The van der Waals surface area contributed by atoms with Crippen molar-refractivity contribution >= 4 is 22.6 Å². The second-order valence-electron chi connectivity index (χ2n) is 9.47. The van der Waals surface area contributed by atoms with Crippen LogP contribution in [0.5, 0.6) is 11.5 Å². The van der Waals surface area contributed by atoms with Crippen LogP contribution in [0.1, 0.15) is 34.8 Å². The summed E-state index contributed by atoms with van der Waals surface area (Å²) in [6.45, 7) is 0. The molecule has 3 aromatic carbocycles. The number of allylic oxidation sites excluding steroid dienone is 1. The summed E-state index contributed by atoms with van der Waals surface area (Å²) in [7, 11) is 2.89. The zero-order chi connectivity index (χ0) is 28.4. The Bertz CT molecular complexity index is 1750. The highest BCUT2D eigenvalue weighted by Crippen LogP contribution is 2.46. The molecular formula is C31H26FN3O5. The minimum Gasteiger partial charge on any atom is -0.493 e. The molecule has 1 aliphatic rings. The van der Waals surface area contributed by atoms with Crippen LogP contribution in [0.3, 0.4) is 0 Å². The molecule has 0 saturated heterocycles. The maximum Gasteiger partial charge on any atom is 0.341 e. The Labute approximate surface area is 229 Å². The number of pyridine rings is 1. The molecule has 4 aromatic rings. The number of anilines is 1. The quantitative estimate of drug-likeness (QED) is 0.254. The monoisotopic (exact) mass is 539 g/mol. The lowest BCUT2D eigenvalue weighted by Crippen LogP contribution is -2.22. The fourth-order valence-corrected chi connectivity index (χ4v) is 4.91. The first kappa shape index (κ1) is 26.5. The third-order valence-corrected chi connectivity index (χ3v) is 6.81. The first-order valence-electron chi connectivity index (χ1n) is 12.6. The number of fused-ring (bicyclic) bond motifs is 1. The van der Waals surface area contributed by atoms with E-state index in [-0.39, 0.29) is 29.3 Å². The lowest BCUT2D eigenvalue weighted by atomic mass is 9.96. The van der Waals surface area contributed by atoms with E-state index in [0.717, 1.165) is 24.6 Å². The number of nitrogens with zero attached hydrogens (tertiary/aromatic N) is 2. The molecule has 40 heavy (non-hydrogen) atoms. The maximum atomic E-state index is 14.1. The number of hydrogen-bond acceptors (Lipinski definition) is 6. The summed E-state index contributed by atoms with van der Waals surface area (Å²) < 4.78 is 27.2. The average Bonchev–Trinajstić information content (AvgIpc) is 3.80. The van der Waals surface area contributed by atoms with Crippen molar-refractivity contribution in [3.05, 3.63) is 99.6 Å². The summed E-state index contributed by atoms with van der Waals surface area (Å²) in [6.07, 6.45) is 3.34. The number of nitriles is 1. The minimum absolute atomic E-state index is 0.00294. The summed E-state index contributed by atoms with van der Waals surface area (Å²) in [5, 5.41) is 23.2. The molecule has 0 spiro atoms. The molecule has 0 unspecified atom stereocenters. The lowest BCUT2D eigenvalue weighted by Gasteiger charge is -2.22. The van der Waals surface area contributed by atoms with Crippen LogP contribution in [0.2, 0.25) is 0 Å². The van der Waals surface area contributed by atoms with Crippen LogP contribution < -0.4 is 20.2 Å². The molecule has 0 amide bonds. The highest BCUT2D eigenvalue weighted by molar-refractivity contribution is 6.01. The van der Waals surface area contributed by atoms with Gasteiger partial charge in [-0.05, 0) is 60.9 Å². The van der Waals surface area contributed by atoms with Gasteiger partial charge in [0.1, 0.15) is 11.4 Å². The molecule has 9 heteroatoms. The number of ether oxygens (including phenoxy) is 2. The number of carbonyl (C=O) groups is 1. The smallest absolute Gasteiger partial charge is 0.341 e. The van der Waals surface area contributed by atoms with Gasteiger partial charge in [0.15, 0.2) is 11.5 Å². The van der Waals surface area contributed by atoms with Gasteiger partial charge in [0.25, 0.3) is 0 Å². The lowest BCUT2D eigenvalue weighted by molar-refractivity contribution is 0.0696. The number of halogens is 1. The molecule has 2 N–H and O–H groups in total. The predicted octanol–water partition coefficient (Wildman–Crippen LogP) is 5.92. The Hall–Kier alpha value is -5.10. The van der Waals surface area contributed by atoms with Gasteiger partial charge in [-0.15, -0.1) is 0 Å². The summed E-state index contributed by atoms with van der Waals surface area (Å²) in [5.74, 6) is -1.50. The van der Waals surface area contributed by atoms with Crippen molar-refractivity contribution in [3.8, 4) is 28.8 Å². The zero-order valence-corrected chi connectivity index (χ0v) is 21.9. The van der Waals surface area contributed by atoms with Crippen molar-refractivity contribution in [3.63, 3.8) is 0 Å². The zero-order valence-electron chi connectivity index (χ0n) is 21.9. The molecule has 8 nitrogen and oxygen atoms in total. The number of para-hydroxylation sites is 1. The molecule has 202 valence electrons. The number of nitrogens with one attached hydrogen (secondary N) is 1. The number of rotatable bonds is 9. The summed E-state index contributed by atoms with van der Waals surface area (Å²) in [6, 6.07) is 18.8. The van der Waals surface area contributed by atoms with Gasteiger partial charge in [-0.3, -0.25) is 4.79 Å². The molecule has 1 saturated carbocycles. The molecule has 5 rings (SSSR count). The molecule has 1 fully saturated rings. The van der Waals surface area contributed by atoms with Gasteiger partial charge in [-0.25, -0.2) is 9.18 Å². The average molecular weight is 540 g/mol. The van der Waals surface area contributed by atoms with Gasteiger partial charge >= 0.3 is 5.97 Å². The molecule has 0 atom stereocenters. The molecule has 0 radical (unpaired) electrons. The van der Waals surface area contributed by atoms with E-state index in [2.05, 4.69) is 11.4 Å². The molecule has 1 heterocycles. The van der Waals surface area contributed by atoms with E-state index in [9.17, 15) is 24.3 Å². The van der Waals surface area contributed by atoms with E-state index >= 15 is 0 Å². The normalized spacial score (nSPS) is 13.1. The Morgan fingerprint density at radius 3 is 2.52 bits per heavy atom. The van der Waals surface area contributed by atoms with Crippen LogP contribution in [0, 0.1) is 17.1 Å². The van der Waals surface area contributed by atoms with Crippen molar-refractivity contribution in [2.75, 3.05) is 19.5 Å². The molecule has 1 aliphatic carbocycles. The summed E-state index contributed by atoms with van der Waals surface area (Å²) in [4.78, 5) is 26.1. The molecular weight excluding hydrogens is 513 g/mol. The Balaban J connectivity index is 1.74. The molecule has 0 aliphatic heterocycles. The van der Waals surface area contributed by atoms with Crippen LogP contribution in [0.25, 0.3) is 22.2 Å². The number of carboxylic acid groups (broad SMARTS) is 1. The van der Waals surface area contributed by atoms with Crippen molar-refractivity contribution in [2.24, 2.45) is 0 Å². The number of aromatic nitrogens is 1. The van der Waals surface area contributed by atoms with Gasteiger partial charge in [0.05, 0.1) is 31.5 Å². The van der Waals surface area contributed by atoms with Gasteiger partial charge in [0.2, 0.25) is 5.43 Å². The van der Waals surface area contributed by atoms with Crippen LogP contribution in [-0.2, 0) is 6.42 Å². The second-order valence-corrected chi connectivity index (χ2v) is 9.47. The van der Waals surface area contributed by atoms with E-state index < -0.39 is 22.8 Å². The molecule has 1 aromatic heterocycles. The standard InChI is InChI=1S/C31H26FN3O5/c1-39-26-14-18(12-19(16-33)17-34-21-6-4-3-5-7-21)13-24(30(26)40-2)28-27(31(37)38)29(36)23-15-20(32)8-11-25(23)35(28)22-9-10-22/h3-8,11,13-15,17,22,34H,9-10,12H2,1-2H3,(H,37,38). The van der Waals surface area contributed by atoms with E-state index in [1.165, 1.54) is 26.4 Å². The van der Waals surface area contributed by atoms with E-state index in [0.29, 0.717) is 28.0 Å². The van der Waals surface area contributed by atoms with Crippen LogP contribution in [-0.4, -0.2) is 29.9 Å². The van der Waals surface area contributed by atoms with Crippen molar-refractivity contribution in [2.45, 2.75) is 25.3 Å². The van der Waals surface area contributed by atoms with E-state index in [1.807, 2.05) is 30.3 Å². The fourth-order valence-electron chi connectivity index (χ4n) is 4.91. The second kappa shape index (κ2) is 10.9. The Morgan fingerprint density at radius 2 is 1.90 bits per heavy atom. The Morgan fingerprint density at radius 1 is 1.15 bits per heavy atom. The van der Waals surface area contributed by atoms with Gasteiger partial charge in [-0.1, -0.05) is 18.2 Å². The molecule has 0 bridgehead atoms. The van der Waals surface area contributed by atoms with Gasteiger partial charge < -0.3 is 24.5 Å². The van der Waals surface area contributed by atoms with Gasteiger partial charge in [-0.2, -0.15) is 5.26 Å². The number of hydrogen-bond donors (Lipinski definition) is 2. The number of aromatic carboxylic acids is 1. The van der Waals surface area contributed by atoms with Crippen LogP contribution in [0.4, 0.5) is 10.1 Å². The number of benzene rings is 3. The van der Waals surface area contributed by atoms with E-state index in [4.69, 9.17) is 9.47 Å². The topological polar surface area (TPSA) is 114 Å². The first-order chi connectivity index (χ1) is 19.4. The van der Waals surface area contributed by atoms with Gasteiger partial charge in [0, 0.05) is 40.9 Å². The maximum absolute atomic E-state index is 14.1. The highest BCUT2D eigenvalue weighted by atomic mass is 19.1. The number of methoxy groups -OCH3 is 2. The fraction of sp³-hybridized carbons (Fsp3) is 0.194. The predicted molar refractivity (Wildman–Crippen MR) is 149 cm³/mol. The Kier molecular flexibility index (Phi) is 7.25. The van der Waals surface area contributed by atoms with Crippen LogP contribution >= 0.6 is 0 Å². The van der Waals surface area contributed by atoms with E-state index in [1.54, 1.807) is 22.9 Å². The first-order valence-corrected chi connectivity index (χ1v) is 12.6. The largest absolute Gasteiger partial charge is 0.493 e. The van der Waals surface area contributed by atoms with Crippen LogP contribution in [0.15, 0.2) is 77.2 Å². The number of carboxylic acids is 1. The third kappa shape index (κ3) is 4.99. The van der Waals surface area contributed by atoms with Crippen molar-refractivity contribution in [1.29, 1.82) is 5.26 Å². The SMILES string of the molecule is COc1cc(CC(C#N)=CNc2ccccc2)cc(-c2c(C(=O)O)c(=O)c3cc(F)ccc3n2C2CC2)c1OC. The third-order valence-electron chi connectivity index (χ3n) is 6.81. The minimum atomic E-state index is -1.43. The highest BCUT2D eigenvalue weighted by Gasteiger charge is 2.34. The van der Waals surface area contributed by atoms with Crippen molar-refractivity contribution in [1.82, 2.24) is 4.57 Å². The summed E-state index contributed by atoms with van der Waals surface area (Å²) in [5.41, 5.74) is 1.52. The summed E-state index contributed by atoms with van der Waals surface area (Å²) >= 11 is 0. The van der Waals surface area contributed by atoms with Crippen molar-refractivity contribution < 1.29 is 23.8 Å².